The number of hydrogen-bond donors (Lipinski definition) is 7. The number of rotatable bonds is 4. The second-order valence-electron chi connectivity index (χ2n) is 15.0. The van der Waals surface area contributed by atoms with Crippen molar-refractivity contribution in [2.75, 3.05) is 56.5 Å². The van der Waals surface area contributed by atoms with Gasteiger partial charge in [-0.2, -0.15) is 0 Å². The molecule has 3 fully saturated rings. The first-order chi connectivity index (χ1) is 25.7. The Morgan fingerprint density at radius 2 is 1.06 bits per heavy atom. The molecule has 0 aromatic carbocycles. The molecule has 2 saturated heterocycles. The van der Waals surface area contributed by atoms with E-state index in [0.717, 1.165) is 0 Å². The van der Waals surface area contributed by atoms with E-state index < -0.39 is 11.8 Å². The highest BCUT2D eigenvalue weighted by Gasteiger charge is 2.44. The second kappa shape index (κ2) is 14.5. The summed E-state index contributed by atoms with van der Waals surface area (Å²) in [6.07, 6.45) is 5.48. The van der Waals surface area contributed by atoms with Gasteiger partial charge >= 0.3 is 0 Å². The Morgan fingerprint density at radius 1 is 0.648 bits per heavy atom. The molecule has 4 aliphatic heterocycles. The number of halogens is 1. The van der Waals surface area contributed by atoms with Gasteiger partial charge in [-0.05, 0) is 65.2 Å². The number of nitrogen functional groups attached to an aromatic ring is 3. The molecule has 288 valence electrons. The number of nitrogens with zero attached hydrogens (tertiary/aromatic N) is 8. The highest BCUT2D eigenvalue weighted by molar-refractivity contribution is 6.31. The van der Waals surface area contributed by atoms with E-state index in [1.54, 1.807) is 13.8 Å². The summed E-state index contributed by atoms with van der Waals surface area (Å²) in [6, 6.07) is 0. The lowest BCUT2D eigenvalue weighted by atomic mass is 9.79. The zero-order chi connectivity index (χ0) is 38.4. The first-order valence-corrected chi connectivity index (χ1v) is 18.7. The van der Waals surface area contributed by atoms with Crippen LogP contribution in [-0.4, -0.2) is 116 Å². The molecule has 1 aliphatic carbocycles. The third-order valence-electron chi connectivity index (χ3n) is 11.5. The van der Waals surface area contributed by atoms with Crippen LogP contribution in [0.3, 0.4) is 0 Å². The van der Waals surface area contributed by atoms with Crippen LogP contribution in [0.1, 0.15) is 83.7 Å². The summed E-state index contributed by atoms with van der Waals surface area (Å²) in [5.74, 6) is -0.455. The maximum atomic E-state index is 13.6. The summed E-state index contributed by atoms with van der Waals surface area (Å²) < 4.78 is 0. The van der Waals surface area contributed by atoms with Crippen molar-refractivity contribution < 1.29 is 19.2 Å². The number of aliphatic imine (C=N–C) groups is 2. The van der Waals surface area contributed by atoms with Gasteiger partial charge in [-0.3, -0.25) is 39.8 Å². The quantitative estimate of drug-likeness (QED) is 0.214. The molecule has 54 heavy (non-hydrogen) atoms. The molecule has 1 saturated carbocycles. The molecule has 5 aliphatic rings. The standard InChI is InChI=1S/C34H46ClN15O4/c1-17-18(2)42-24(36)21(41-17)27(51)45-31-39-15-33(47-31)7-11-49(12-8-33)29(53)19-3-5-20(6-4-19)30(54)50-13-9-34(10-14-50)16-40-32(48-34)46-28(52)22-25(37)44-26(38)23(35)43-22/h19-20H,3-16H2,1-2H3,(H2,36,42)(H4,37,38,44)(H2,39,45,47,51)(H2,40,46,48,52). The van der Waals surface area contributed by atoms with Gasteiger partial charge in [0.25, 0.3) is 11.8 Å². The molecule has 7 rings (SSSR count). The lowest BCUT2D eigenvalue weighted by molar-refractivity contribution is -0.143. The van der Waals surface area contributed by atoms with E-state index in [9.17, 15) is 19.2 Å². The fourth-order valence-corrected chi connectivity index (χ4v) is 8.10. The molecule has 10 N–H and O–H groups in total. The number of aromatic nitrogens is 4. The molecule has 0 radical (unpaired) electrons. The average molecular weight is 764 g/mol. The van der Waals surface area contributed by atoms with E-state index in [1.165, 1.54) is 0 Å². The summed E-state index contributed by atoms with van der Waals surface area (Å²) in [4.78, 5) is 81.9. The van der Waals surface area contributed by atoms with E-state index in [0.29, 0.717) is 114 Å². The second-order valence-corrected chi connectivity index (χ2v) is 15.4. The summed E-state index contributed by atoms with van der Waals surface area (Å²) in [5, 5.41) is 12.1. The highest BCUT2D eigenvalue weighted by Crippen LogP contribution is 2.35. The normalized spacial score (nSPS) is 22.9. The van der Waals surface area contributed by atoms with Crippen molar-refractivity contribution in [3.63, 3.8) is 0 Å². The number of nitrogens with two attached hydrogens (primary N) is 3. The van der Waals surface area contributed by atoms with Crippen LogP contribution in [0.2, 0.25) is 5.15 Å². The van der Waals surface area contributed by atoms with Crippen molar-refractivity contribution in [3.05, 3.63) is 27.9 Å². The largest absolute Gasteiger partial charge is 0.382 e. The van der Waals surface area contributed by atoms with Gasteiger partial charge in [0.1, 0.15) is 0 Å². The number of piperidine rings is 2. The van der Waals surface area contributed by atoms with Crippen LogP contribution in [0.5, 0.6) is 0 Å². The predicted octanol–water partition coefficient (Wildman–Crippen LogP) is -0.110. The van der Waals surface area contributed by atoms with E-state index >= 15 is 0 Å². The molecular weight excluding hydrogens is 718 g/mol. The Balaban J connectivity index is 0.821. The fourth-order valence-electron chi connectivity index (χ4n) is 7.97. The zero-order valence-corrected chi connectivity index (χ0v) is 31.1. The topological polar surface area (TPSA) is 277 Å². The van der Waals surface area contributed by atoms with Crippen LogP contribution in [0.15, 0.2) is 9.98 Å². The van der Waals surface area contributed by atoms with Crippen molar-refractivity contribution in [1.82, 2.24) is 51.0 Å². The predicted molar refractivity (Wildman–Crippen MR) is 200 cm³/mol. The smallest absolute Gasteiger partial charge is 0.280 e. The molecular formula is C34H46ClN15O4. The van der Waals surface area contributed by atoms with Crippen LogP contribution >= 0.6 is 11.6 Å². The van der Waals surface area contributed by atoms with E-state index in [2.05, 4.69) is 51.2 Å². The van der Waals surface area contributed by atoms with E-state index in [1.807, 2.05) is 9.80 Å². The van der Waals surface area contributed by atoms with Gasteiger partial charge in [0.2, 0.25) is 11.8 Å². The minimum atomic E-state index is -0.607. The first kappa shape index (κ1) is 37.0. The number of amides is 4. The molecule has 0 atom stereocenters. The van der Waals surface area contributed by atoms with Crippen molar-refractivity contribution in [2.24, 2.45) is 21.8 Å². The monoisotopic (exact) mass is 763 g/mol. The molecule has 0 unspecified atom stereocenters. The third kappa shape index (κ3) is 7.40. The number of likely N-dealkylation sites (tertiary alicyclic amines) is 2. The van der Waals surface area contributed by atoms with Gasteiger partial charge in [0.05, 0.1) is 35.6 Å². The Kier molecular flexibility index (Phi) is 9.92. The lowest BCUT2D eigenvalue weighted by Gasteiger charge is -2.42. The minimum absolute atomic E-state index is 0.0603. The van der Waals surface area contributed by atoms with Crippen molar-refractivity contribution in [2.45, 2.75) is 76.3 Å². The highest BCUT2D eigenvalue weighted by atomic mass is 35.5. The van der Waals surface area contributed by atoms with Gasteiger partial charge in [-0.1, -0.05) is 11.6 Å². The Hall–Kier alpha value is -5.33. The molecule has 2 aromatic rings. The number of carbonyl (C=O) groups is 4. The number of carbonyl (C=O) groups excluding carboxylic acids is 4. The average Bonchev–Trinajstić information content (AvgIpc) is 3.73. The van der Waals surface area contributed by atoms with Gasteiger partial charge in [-0.25, -0.2) is 19.9 Å². The molecule has 0 bridgehead atoms. The SMILES string of the molecule is Cc1nc(N)c(C(=O)NC2=NCC3(CCN(C(=O)C4CCC(C(=O)N5CCC6(CC5)CN=C(NC(=O)c5nc(Cl)c(N)nc5N)N6)CC4)CC3)N2)nc1C. The van der Waals surface area contributed by atoms with Crippen molar-refractivity contribution in [1.29, 1.82) is 0 Å². The van der Waals surface area contributed by atoms with Crippen LogP contribution in [-0.2, 0) is 9.59 Å². The first-order valence-electron chi connectivity index (χ1n) is 18.3. The van der Waals surface area contributed by atoms with Gasteiger partial charge in [-0.15, -0.1) is 0 Å². The zero-order valence-electron chi connectivity index (χ0n) is 30.4. The molecule has 2 spiro atoms. The molecule has 4 amide bonds. The fraction of sp³-hybridized carbons (Fsp3) is 0.588. The Bertz CT molecular complexity index is 1790. The maximum Gasteiger partial charge on any atom is 0.280 e. The van der Waals surface area contributed by atoms with Crippen LogP contribution in [0.25, 0.3) is 0 Å². The molecule has 2 aromatic heterocycles. The summed E-state index contributed by atoms with van der Waals surface area (Å²) in [7, 11) is 0. The van der Waals surface area contributed by atoms with E-state index in [-0.39, 0.29) is 68.7 Å². The van der Waals surface area contributed by atoms with Crippen molar-refractivity contribution >= 4 is 64.6 Å². The van der Waals surface area contributed by atoms with Crippen LogP contribution in [0.4, 0.5) is 17.5 Å². The summed E-state index contributed by atoms with van der Waals surface area (Å²) in [6.45, 7) is 6.83. The Morgan fingerprint density at radius 3 is 1.52 bits per heavy atom. The molecule has 6 heterocycles. The number of nitrogens with one attached hydrogen (secondary N) is 4. The van der Waals surface area contributed by atoms with E-state index in [4.69, 9.17) is 28.8 Å². The number of aryl methyl sites for hydroxylation is 2. The summed E-state index contributed by atoms with van der Waals surface area (Å²) in [5.41, 5.74) is 17.9. The van der Waals surface area contributed by atoms with Gasteiger partial charge in [0, 0.05) is 38.0 Å². The summed E-state index contributed by atoms with van der Waals surface area (Å²) >= 11 is 5.92. The van der Waals surface area contributed by atoms with Gasteiger partial charge in [0.15, 0.2) is 45.9 Å². The minimum Gasteiger partial charge on any atom is -0.382 e. The number of anilines is 3. The Labute approximate surface area is 316 Å². The maximum absolute atomic E-state index is 13.6. The lowest BCUT2D eigenvalue weighted by Crippen LogP contribution is -2.58. The van der Waals surface area contributed by atoms with Crippen LogP contribution in [0, 0.1) is 25.7 Å². The third-order valence-corrected chi connectivity index (χ3v) is 11.7. The molecule has 19 nitrogen and oxygen atoms in total. The number of hydrogen-bond acceptors (Lipinski definition) is 15. The van der Waals surface area contributed by atoms with Crippen molar-refractivity contribution in [3.8, 4) is 0 Å². The molecule has 20 heteroatoms. The van der Waals surface area contributed by atoms with Gasteiger partial charge < -0.3 is 37.6 Å². The number of guanidine groups is 2. The van der Waals surface area contributed by atoms with Crippen LogP contribution < -0.4 is 38.5 Å².